The molecular weight excluding hydrogens is 470 g/mol. The third-order valence-electron chi connectivity index (χ3n) is 7.02. The van der Waals surface area contributed by atoms with Gasteiger partial charge >= 0.3 is 0 Å². The lowest BCUT2D eigenvalue weighted by molar-refractivity contribution is -0.131. The van der Waals surface area contributed by atoms with Crippen LogP contribution in [0.2, 0.25) is 0 Å². The van der Waals surface area contributed by atoms with Crippen molar-refractivity contribution in [2.75, 3.05) is 5.75 Å². The number of hydrogen-bond acceptors (Lipinski definition) is 6. The first-order valence-electron chi connectivity index (χ1n) is 12.3. The average Bonchev–Trinajstić information content (AvgIpc) is 3.64. The number of aromatic nitrogens is 1. The minimum Gasteiger partial charge on any atom is -0.467 e. The topological polar surface area (TPSA) is 71.8 Å². The number of pyridine rings is 1. The molecule has 1 aliphatic heterocycles. The van der Waals surface area contributed by atoms with Crippen LogP contribution < -0.4 is 0 Å². The van der Waals surface area contributed by atoms with Gasteiger partial charge in [0.2, 0.25) is 0 Å². The Labute approximate surface area is 214 Å². The van der Waals surface area contributed by atoms with Crippen LogP contribution in [-0.4, -0.2) is 27.4 Å². The molecule has 0 saturated heterocycles. The summed E-state index contributed by atoms with van der Waals surface area (Å²) in [5, 5.41) is 8.54. The van der Waals surface area contributed by atoms with Crippen LogP contribution in [0.5, 0.6) is 0 Å². The number of carbonyl (C=O) groups excluding carboxylic acids is 1. The van der Waals surface area contributed by atoms with E-state index in [9.17, 15) is 4.79 Å². The molecule has 3 aromatic heterocycles. The van der Waals surface area contributed by atoms with E-state index in [2.05, 4.69) is 44.2 Å². The van der Waals surface area contributed by atoms with E-state index < -0.39 is 0 Å². The quantitative estimate of drug-likeness (QED) is 0.279. The molecule has 1 aliphatic carbocycles. The molecule has 0 unspecified atom stereocenters. The number of furan rings is 2. The van der Waals surface area contributed by atoms with E-state index in [0.717, 1.165) is 69.1 Å². The van der Waals surface area contributed by atoms with Crippen molar-refractivity contribution in [1.82, 2.24) is 9.99 Å². The Morgan fingerprint density at radius 2 is 1.97 bits per heavy atom. The van der Waals surface area contributed by atoms with Gasteiger partial charge < -0.3 is 8.83 Å². The maximum atomic E-state index is 13.6. The molecular formula is C29H27N3O3S. The lowest BCUT2D eigenvalue weighted by atomic mass is 9.79. The van der Waals surface area contributed by atoms with Crippen molar-refractivity contribution in [2.45, 2.75) is 44.2 Å². The fourth-order valence-electron chi connectivity index (χ4n) is 5.30. The molecule has 7 heteroatoms. The second-order valence-corrected chi connectivity index (χ2v) is 10.4. The second-order valence-electron chi connectivity index (χ2n) is 9.40. The fourth-order valence-corrected chi connectivity index (χ4v) is 6.12. The molecule has 6 nitrogen and oxygen atoms in total. The molecule has 6 rings (SSSR count). The summed E-state index contributed by atoms with van der Waals surface area (Å²) in [5.74, 6) is 1.87. The summed E-state index contributed by atoms with van der Waals surface area (Å²) < 4.78 is 11.4. The SMILES string of the molecule is Cc1cc(SCC(=O)N2N=C3/C(=C/c4ccco4)CCC[C@H]3[C@@H]2c2ccco2)nc2c(C)cccc12. The molecule has 1 fully saturated rings. The molecule has 0 bridgehead atoms. The largest absolute Gasteiger partial charge is 0.467 e. The van der Waals surface area contributed by atoms with Gasteiger partial charge in [0.25, 0.3) is 5.91 Å². The number of allylic oxidation sites excluding steroid dienone is 1. The van der Waals surface area contributed by atoms with Crippen LogP contribution in [0.3, 0.4) is 0 Å². The van der Waals surface area contributed by atoms with Gasteiger partial charge in [-0.2, -0.15) is 5.10 Å². The number of hydrogen-bond donors (Lipinski definition) is 0. The summed E-state index contributed by atoms with van der Waals surface area (Å²) in [6, 6.07) is 15.7. The summed E-state index contributed by atoms with van der Waals surface area (Å²) in [6.07, 6.45) is 8.29. The predicted molar refractivity (Wildman–Crippen MR) is 142 cm³/mol. The molecule has 182 valence electrons. The van der Waals surface area contributed by atoms with Gasteiger partial charge in [-0.15, -0.1) is 0 Å². The molecule has 0 spiro atoms. The first-order valence-corrected chi connectivity index (χ1v) is 13.3. The first kappa shape index (κ1) is 22.9. The summed E-state index contributed by atoms with van der Waals surface area (Å²) >= 11 is 1.46. The van der Waals surface area contributed by atoms with Crippen LogP contribution in [-0.2, 0) is 4.79 Å². The summed E-state index contributed by atoms with van der Waals surface area (Å²) in [6.45, 7) is 4.16. The van der Waals surface area contributed by atoms with Gasteiger partial charge in [-0.3, -0.25) is 4.79 Å². The predicted octanol–water partition coefficient (Wildman–Crippen LogP) is 6.95. The number of benzene rings is 1. The van der Waals surface area contributed by atoms with Gasteiger partial charge in [0, 0.05) is 11.3 Å². The van der Waals surface area contributed by atoms with Crippen LogP contribution >= 0.6 is 11.8 Å². The molecule has 0 radical (unpaired) electrons. The highest BCUT2D eigenvalue weighted by Gasteiger charge is 2.45. The monoisotopic (exact) mass is 497 g/mol. The molecule has 2 atom stereocenters. The Hall–Kier alpha value is -3.58. The van der Waals surface area contributed by atoms with Crippen LogP contribution in [0.1, 0.15) is 48.0 Å². The standard InChI is InChI=1S/C29H27N3O3S/c1-18-7-3-10-22-19(2)15-25(30-27(18)22)36-17-26(33)32-29(24-12-6-14-35-24)23-11-4-8-20(28(23)31-32)16-21-9-5-13-34-21/h3,5-7,9-10,12-16,23,29H,4,8,11,17H2,1-2H3/b20-16+/t23-,29-/m1/s1. The van der Waals surface area contributed by atoms with Crippen molar-refractivity contribution in [2.24, 2.45) is 11.0 Å². The molecule has 1 amide bonds. The Kier molecular flexibility index (Phi) is 6.01. The zero-order valence-corrected chi connectivity index (χ0v) is 21.1. The van der Waals surface area contributed by atoms with E-state index in [1.54, 1.807) is 17.5 Å². The number of nitrogens with zero attached hydrogens (tertiary/aromatic N) is 3. The number of hydrazone groups is 1. The lowest BCUT2D eigenvalue weighted by Crippen LogP contribution is -2.32. The highest BCUT2D eigenvalue weighted by molar-refractivity contribution is 7.99. The van der Waals surface area contributed by atoms with Gasteiger partial charge in [0.15, 0.2) is 0 Å². The maximum Gasteiger partial charge on any atom is 0.253 e. The number of thioether (sulfide) groups is 1. The molecule has 4 heterocycles. The summed E-state index contributed by atoms with van der Waals surface area (Å²) in [7, 11) is 0. The molecule has 1 aromatic carbocycles. The first-order chi connectivity index (χ1) is 17.6. The van der Waals surface area contributed by atoms with Crippen molar-refractivity contribution >= 4 is 40.4 Å². The number of aryl methyl sites for hydroxylation is 2. The summed E-state index contributed by atoms with van der Waals surface area (Å²) in [4.78, 5) is 18.4. The van der Waals surface area contributed by atoms with E-state index in [-0.39, 0.29) is 23.6 Å². The third kappa shape index (κ3) is 4.17. The number of para-hydroxylation sites is 1. The third-order valence-corrected chi connectivity index (χ3v) is 7.92. The summed E-state index contributed by atoms with van der Waals surface area (Å²) in [5.41, 5.74) is 5.37. The Bertz CT molecular complexity index is 1470. The molecule has 4 aromatic rings. The van der Waals surface area contributed by atoms with Crippen LogP contribution in [0.25, 0.3) is 17.0 Å². The van der Waals surface area contributed by atoms with E-state index >= 15 is 0 Å². The lowest BCUT2D eigenvalue weighted by Gasteiger charge is -2.27. The normalized spacial score (nSPS) is 20.7. The molecule has 1 saturated carbocycles. The smallest absolute Gasteiger partial charge is 0.253 e. The highest BCUT2D eigenvalue weighted by Crippen LogP contribution is 2.44. The van der Waals surface area contributed by atoms with Crippen molar-refractivity contribution < 1.29 is 13.6 Å². The Balaban J connectivity index is 1.29. The average molecular weight is 498 g/mol. The molecule has 2 aliphatic rings. The Morgan fingerprint density at radius 3 is 2.78 bits per heavy atom. The van der Waals surface area contributed by atoms with Crippen molar-refractivity contribution in [3.8, 4) is 0 Å². The highest BCUT2D eigenvalue weighted by atomic mass is 32.2. The Morgan fingerprint density at radius 1 is 1.11 bits per heavy atom. The maximum absolute atomic E-state index is 13.6. The minimum atomic E-state index is -0.239. The van der Waals surface area contributed by atoms with E-state index in [4.69, 9.17) is 18.9 Å². The van der Waals surface area contributed by atoms with Crippen LogP contribution in [0, 0.1) is 19.8 Å². The van der Waals surface area contributed by atoms with Crippen molar-refractivity contribution in [3.05, 3.63) is 89.3 Å². The van der Waals surface area contributed by atoms with Gasteiger partial charge in [-0.05, 0) is 86.2 Å². The van der Waals surface area contributed by atoms with Crippen LogP contribution in [0.15, 0.2) is 85.6 Å². The second kappa shape index (κ2) is 9.47. The fraction of sp³-hybridized carbons (Fsp3) is 0.276. The zero-order valence-electron chi connectivity index (χ0n) is 20.3. The number of rotatable bonds is 5. The number of fused-ring (bicyclic) bond motifs is 2. The van der Waals surface area contributed by atoms with Crippen LogP contribution in [0.4, 0.5) is 0 Å². The van der Waals surface area contributed by atoms with Crippen molar-refractivity contribution in [3.63, 3.8) is 0 Å². The number of amides is 1. The van der Waals surface area contributed by atoms with Gasteiger partial charge in [0.05, 0.1) is 34.5 Å². The number of carbonyl (C=O) groups is 1. The van der Waals surface area contributed by atoms with E-state index in [1.165, 1.54) is 11.8 Å². The van der Waals surface area contributed by atoms with Crippen molar-refractivity contribution in [1.29, 1.82) is 0 Å². The van der Waals surface area contributed by atoms with E-state index in [0.29, 0.717) is 0 Å². The van der Waals surface area contributed by atoms with Gasteiger partial charge in [0.1, 0.15) is 17.6 Å². The minimum absolute atomic E-state index is 0.0509. The molecule has 36 heavy (non-hydrogen) atoms. The van der Waals surface area contributed by atoms with E-state index in [1.807, 2.05) is 24.3 Å². The van der Waals surface area contributed by atoms with Gasteiger partial charge in [-0.1, -0.05) is 30.0 Å². The molecule has 0 N–H and O–H groups in total. The zero-order chi connectivity index (χ0) is 24.6. The van der Waals surface area contributed by atoms with Gasteiger partial charge in [-0.25, -0.2) is 9.99 Å².